The molecule has 4 aromatic rings. The molecule has 0 aromatic heterocycles. The van der Waals surface area contributed by atoms with E-state index in [2.05, 4.69) is 48.5 Å². The van der Waals surface area contributed by atoms with Crippen molar-refractivity contribution < 1.29 is 37.9 Å². The van der Waals surface area contributed by atoms with E-state index in [1.807, 2.05) is 72.8 Å². The van der Waals surface area contributed by atoms with Gasteiger partial charge in [0.25, 0.3) is 0 Å². The Morgan fingerprint density at radius 3 is 0.780 bits per heavy atom. The van der Waals surface area contributed by atoms with Crippen molar-refractivity contribution in [1.29, 1.82) is 0 Å². The standard InChI is InChI=1S/C42H52O8/c1-5-13-37(14-6-1)25-47-33-41(34-48-26-38-15-7-2-8-16-38)29-43-21-23-45-31-42(32-46-24-22-44-30-41,35-49-27-39-17-9-3-10-18-39)36-50-28-40-19-11-4-12-20-40/h1-20H,21-36H2. The molecule has 1 aliphatic heterocycles. The van der Waals surface area contributed by atoms with Crippen LogP contribution in [0.15, 0.2) is 121 Å². The van der Waals surface area contributed by atoms with E-state index in [1.54, 1.807) is 0 Å². The molecule has 0 N–H and O–H groups in total. The van der Waals surface area contributed by atoms with Gasteiger partial charge in [-0.3, -0.25) is 0 Å². The van der Waals surface area contributed by atoms with E-state index in [0.717, 1.165) is 22.3 Å². The molecule has 50 heavy (non-hydrogen) atoms. The van der Waals surface area contributed by atoms with Gasteiger partial charge in [-0.05, 0) is 22.3 Å². The van der Waals surface area contributed by atoms with Gasteiger partial charge in [-0.25, -0.2) is 0 Å². The van der Waals surface area contributed by atoms with Gasteiger partial charge < -0.3 is 37.9 Å². The zero-order valence-corrected chi connectivity index (χ0v) is 29.1. The predicted molar refractivity (Wildman–Crippen MR) is 193 cm³/mol. The minimum Gasteiger partial charge on any atom is -0.378 e. The first kappa shape index (κ1) is 37.8. The predicted octanol–water partition coefficient (Wildman–Crippen LogP) is 6.91. The lowest BCUT2D eigenvalue weighted by atomic mass is 9.91. The van der Waals surface area contributed by atoms with Crippen molar-refractivity contribution in [2.24, 2.45) is 10.8 Å². The summed E-state index contributed by atoms with van der Waals surface area (Å²) in [6.07, 6.45) is 0. The zero-order chi connectivity index (χ0) is 34.4. The molecule has 8 heteroatoms. The first-order valence-electron chi connectivity index (χ1n) is 17.5. The summed E-state index contributed by atoms with van der Waals surface area (Å²) >= 11 is 0. The molecule has 1 aliphatic rings. The molecule has 0 aliphatic carbocycles. The molecule has 5 rings (SSSR count). The lowest BCUT2D eigenvalue weighted by molar-refractivity contribution is -0.143. The average Bonchev–Trinajstić information content (AvgIpc) is 3.16. The molecule has 268 valence electrons. The second kappa shape index (κ2) is 21.7. The molecule has 0 atom stereocenters. The van der Waals surface area contributed by atoms with Gasteiger partial charge in [0.1, 0.15) is 0 Å². The van der Waals surface area contributed by atoms with E-state index in [1.165, 1.54) is 0 Å². The second-order valence-electron chi connectivity index (χ2n) is 13.1. The first-order valence-corrected chi connectivity index (χ1v) is 17.5. The van der Waals surface area contributed by atoms with Crippen LogP contribution in [0.3, 0.4) is 0 Å². The quantitative estimate of drug-likeness (QED) is 0.126. The molecule has 1 fully saturated rings. The molecule has 0 unspecified atom stereocenters. The Balaban J connectivity index is 1.20. The highest BCUT2D eigenvalue weighted by atomic mass is 16.6. The number of hydrogen-bond donors (Lipinski definition) is 0. The molecule has 0 amide bonds. The van der Waals surface area contributed by atoms with E-state index < -0.39 is 10.8 Å². The topological polar surface area (TPSA) is 73.8 Å². The van der Waals surface area contributed by atoms with E-state index in [4.69, 9.17) is 37.9 Å². The molecule has 1 heterocycles. The highest BCUT2D eigenvalue weighted by Crippen LogP contribution is 2.25. The Bertz CT molecular complexity index is 1200. The van der Waals surface area contributed by atoms with Crippen LogP contribution >= 0.6 is 0 Å². The highest BCUT2D eigenvalue weighted by molar-refractivity contribution is 5.15. The molecule has 0 bridgehead atoms. The Morgan fingerprint density at radius 2 is 0.560 bits per heavy atom. The van der Waals surface area contributed by atoms with Gasteiger partial charge in [0.05, 0.1) is 117 Å². The Hall–Kier alpha value is -3.44. The van der Waals surface area contributed by atoms with Crippen LogP contribution in [0.25, 0.3) is 0 Å². The molecule has 0 radical (unpaired) electrons. The van der Waals surface area contributed by atoms with Crippen molar-refractivity contribution in [3.05, 3.63) is 144 Å². The van der Waals surface area contributed by atoms with Crippen LogP contribution in [0.4, 0.5) is 0 Å². The maximum Gasteiger partial charge on any atom is 0.0717 e. The van der Waals surface area contributed by atoms with Crippen molar-refractivity contribution in [1.82, 2.24) is 0 Å². The van der Waals surface area contributed by atoms with Crippen LogP contribution in [0, 0.1) is 10.8 Å². The molecule has 0 saturated carbocycles. The van der Waals surface area contributed by atoms with E-state index in [9.17, 15) is 0 Å². The third kappa shape index (κ3) is 13.7. The monoisotopic (exact) mass is 684 g/mol. The number of rotatable bonds is 16. The van der Waals surface area contributed by atoms with Crippen LogP contribution in [0.1, 0.15) is 22.3 Å². The summed E-state index contributed by atoms with van der Waals surface area (Å²) in [4.78, 5) is 0. The summed E-state index contributed by atoms with van der Waals surface area (Å²) in [6.45, 7) is 6.85. The third-order valence-corrected chi connectivity index (χ3v) is 8.46. The summed E-state index contributed by atoms with van der Waals surface area (Å²) in [6, 6.07) is 40.7. The Labute approximate surface area is 297 Å². The van der Waals surface area contributed by atoms with Crippen LogP contribution in [-0.4, -0.2) is 79.3 Å². The first-order chi connectivity index (χ1) is 24.7. The maximum atomic E-state index is 6.29. The normalized spacial score (nSPS) is 17.1. The van der Waals surface area contributed by atoms with Gasteiger partial charge >= 0.3 is 0 Å². The minimum atomic E-state index is -0.520. The molecule has 8 nitrogen and oxygen atoms in total. The number of hydrogen-bond acceptors (Lipinski definition) is 8. The van der Waals surface area contributed by atoms with Crippen LogP contribution < -0.4 is 0 Å². The van der Waals surface area contributed by atoms with E-state index in [0.29, 0.717) is 106 Å². The maximum absolute atomic E-state index is 6.29. The van der Waals surface area contributed by atoms with Crippen molar-refractivity contribution in [3.8, 4) is 0 Å². The SMILES string of the molecule is c1ccc(COCC2(COCc3ccccc3)COCCOCC(COCc3ccccc3)(COCc3ccccc3)COCCOC2)cc1. The molecule has 4 aromatic carbocycles. The van der Waals surface area contributed by atoms with Gasteiger partial charge in [0, 0.05) is 0 Å². The summed E-state index contributed by atoms with van der Waals surface area (Å²) in [7, 11) is 0. The molecule has 1 saturated heterocycles. The Morgan fingerprint density at radius 1 is 0.340 bits per heavy atom. The Kier molecular flexibility index (Phi) is 16.4. The van der Waals surface area contributed by atoms with E-state index >= 15 is 0 Å². The fraction of sp³-hybridized carbons (Fsp3) is 0.429. The fourth-order valence-electron chi connectivity index (χ4n) is 5.73. The molecular formula is C42H52O8. The van der Waals surface area contributed by atoms with Gasteiger partial charge in [-0.1, -0.05) is 121 Å². The summed E-state index contributed by atoms with van der Waals surface area (Å²) in [5.41, 5.74) is 3.41. The summed E-state index contributed by atoms with van der Waals surface area (Å²) in [5.74, 6) is 0. The van der Waals surface area contributed by atoms with Gasteiger partial charge in [-0.15, -0.1) is 0 Å². The number of ether oxygens (including phenoxy) is 8. The van der Waals surface area contributed by atoms with Gasteiger partial charge in [0.2, 0.25) is 0 Å². The highest BCUT2D eigenvalue weighted by Gasteiger charge is 2.35. The van der Waals surface area contributed by atoms with Gasteiger partial charge in [-0.2, -0.15) is 0 Å². The van der Waals surface area contributed by atoms with Crippen molar-refractivity contribution in [3.63, 3.8) is 0 Å². The smallest absolute Gasteiger partial charge is 0.0717 e. The largest absolute Gasteiger partial charge is 0.378 e. The van der Waals surface area contributed by atoms with Crippen LogP contribution in [-0.2, 0) is 64.3 Å². The van der Waals surface area contributed by atoms with E-state index in [-0.39, 0.29) is 0 Å². The van der Waals surface area contributed by atoms with Crippen molar-refractivity contribution in [2.75, 3.05) is 79.3 Å². The fourth-order valence-corrected chi connectivity index (χ4v) is 5.73. The lowest BCUT2D eigenvalue weighted by Crippen LogP contribution is -2.44. The summed E-state index contributed by atoms with van der Waals surface area (Å²) < 4.78 is 50.2. The molecule has 0 spiro atoms. The van der Waals surface area contributed by atoms with Crippen LogP contribution in [0.5, 0.6) is 0 Å². The molecular weight excluding hydrogens is 632 g/mol. The lowest BCUT2D eigenvalue weighted by Gasteiger charge is -2.35. The average molecular weight is 685 g/mol. The zero-order valence-electron chi connectivity index (χ0n) is 29.1. The van der Waals surface area contributed by atoms with Crippen LogP contribution in [0.2, 0.25) is 0 Å². The van der Waals surface area contributed by atoms with Crippen molar-refractivity contribution >= 4 is 0 Å². The minimum absolute atomic E-state index is 0.395. The van der Waals surface area contributed by atoms with Crippen molar-refractivity contribution in [2.45, 2.75) is 26.4 Å². The van der Waals surface area contributed by atoms with Gasteiger partial charge in [0.15, 0.2) is 0 Å². The second-order valence-corrected chi connectivity index (χ2v) is 13.1. The summed E-state index contributed by atoms with van der Waals surface area (Å²) in [5, 5.41) is 0. The number of benzene rings is 4. The third-order valence-electron chi connectivity index (χ3n) is 8.46.